The average Bonchev–Trinajstić information content (AvgIpc) is 2.65. The number of carbonyl (C=O) groups is 2. The SMILES string of the molecule is C[C@@H](NC(=O)COC(=O)COc1ccccc1C#N)c1ccccc1Cl. The maximum absolute atomic E-state index is 11.9. The molecule has 2 aromatic rings. The van der Waals surface area contributed by atoms with E-state index in [1.165, 1.54) is 0 Å². The van der Waals surface area contributed by atoms with Crippen molar-refractivity contribution in [2.45, 2.75) is 13.0 Å². The van der Waals surface area contributed by atoms with Gasteiger partial charge in [-0.1, -0.05) is 41.9 Å². The van der Waals surface area contributed by atoms with Crippen LogP contribution in [0, 0.1) is 11.3 Å². The first-order valence-electron chi connectivity index (χ1n) is 7.82. The van der Waals surface area contributed by atoms with Crippen LogP contribution in [0.3, 0.4) is 0 Å². The van der Waals surface area contributed by atoms with E-state index in [1.54, 1.807) is 49.4 Å². The Bertz CT molecular complexity index is 832. The minimum atomic E-state index is -0.710. The number of nitrogens with one attached hydrogen (secondary N) is 1. The third kappa shape index (κ3) is 5.50. The first kappa shape index (κ1) is 19.3. The lowest BCUT2D eigenvalue weighted by molar-refractivity contribution is -0.150. The lowest BCUT2D eigenvalue weighted by atomic mass is 10.1. The molecule has 2 rings (SSSR count). The number of rotatable bonds is 7. The van der Waals surface area contributed by atoms with Crippen LogP contribution in [0.1, 0.15) is 24.1 Å². The number of hydrogen-bond donors (Lipinski definition) is 1. The number of para-hydroxylation sites is 1. The molecule has 0 saturated carbocycles. The van der Waals surface area contributed by atoms with Crippen LogP contribution in [-0.2, 0) is 14.3 Å². The van der Waals surface area contributed by atoms with Crippen molar-refractivity contribution >= 4 is 23.5 Å². The molecule has 0 radical (unpaired) electrons. The fraction of sp³-hybridized carbons (Fsp3) is 0.211. The van der Waals surface area contributed by atoms with E-state index in [9.17, 15) is 9.59 Å². The highest BCUT2D eigenvalue weighted by molar-refractivity contribution is 6.31. The fourth-order valence-corrected chi connectivity index (χ4v) is 2.50. The van der Waals surface area contributed by atoms with Crippen molar-refractivity contribution in [2.24, 2.45) is 0 Å². The monoisotopic (exact) mass is 372 g/mol. The summed E-state index contributed by atoms with van der Waals surface area (Å²) in [7, 11) is 0. The van der Waals surface area contributed by atoms with Gasteiger partial charge in [0.15, 0.2) is 13.2 Å². The summed E-state index contributed by atoms with van der Waals surface area (Å²) in [5, 5.41) is 12.2. The smallest absolute Gasteiger partial charge is 0.344 e. The molecule has 0 saturated heterocycles. The van der Waals surface area contributed by atoms with E-state index in [2.05, 4.69) is 5.32 Å². The Hall–Kier alpha value is -3.04. The second-order valence-electron chi connectivity index (χ2n) is 5.37. The molecule has 6 nitrogen and oxygen atoms in total. The number of ether oxygens (including phenoxy) is 2. The number of halogens is 1. The van der Waals surface area contributed by atoms with E-state index in [1.807, 2.05) is 12.1 Å². The number of nitrogens with zero attached hydrogens (tertiary/aromatic N) is 1. The van der Waals surface area contributed by atoms with Crippen molar-refractivity contribution in [3.63, 3.8) is 0 Å². The second-order valence-corrected chi connectivity index (χ2v) is 5.78. The largest absolute Gasteiger partial charge is 0.481 e. The van der Waals surface area contributed by atoms with Gasteiger partial charge in [-0.15, -0.1) is 0 Å². The van der Waals surface area contributed by atoms with Crippen molar-refractivity contribution in [1.82, 2.24) is 5.32 Å². The van der Waals surface area contributed by atoms with Gasteiger partial charge in [-0.25, -0.2) is 4.79 Å². The van der Waals surface area contributed by atoms with Gasteiger partial charge in [0.2, 0.25) is 0 Å². The number of esters is 1. The van der Waals surface area contributed by atoms with Crippen LogP contribution in [0.25, 0.3) is 0 Å². The Morgan fingerprint density at radius 2 is 1.85 bits per heavy atom. The molecule has 0 bridgehead atoms. The number of hydrogen-bond acceptors (Lipinski definition) is 5. The van der Waals surface area contributed by atoms with E-state index in [0.29, 0.717) is 10.6 Å². The lowest BCUT2D eigenvalue weighted by Crippen LogP contribution is -2.32. The summed E-state index contributed by atoms with van der Waals surface area (Å²) in [5.74, 6) is -0.884. The molecular weight excluding hydrogens is 356 g/mol. The fourth-order valence-electron chi connectivity index (χ4n) is 2.20. The van der Waals surface area contributed by atoms with Crippen LogP contribution in [-0.4, -0.2) is 25.1 Å². The number of nitriles is 1. The van der Waals surface area contributed by atoms with Crippen molar-refractivity contribution in [3.8, 4) is 11.8 Å². The summed E-state index contributed by atoms with van der Waals surface area (Å²) >= 11 is 6.08. The van der Waals surface area contributed by atoms with Crippen LogP contribution in [0.2, 0.25) is 5.02 Å². The summed E-state index contributed by atoms with van der Waals surface area (Å²) in [6.07, 6.45) is 0. The zero-order valence-corrected chi connectivity index (χ0v) is 14.8. The molecule has 134 valence electrons. The predicted molar refractivity (Wildman–Crippen MR) is 95.6 cm³/mol. The summed E-state index contributed by atoms with van der Waals surface area (Å²) in [6.45, 7) is 0.950. The molecule has 0 aromatic heterocycles. The average molecular weight is 373 g/mol. The molecule has 7 heteroatoms. The molecule has 0 spiro atoms. The van der Waals surface area contributed by atoms with Gasteiger partial charge in [-0.05, 0) is 30.7 Å². The first-order valence-corrected chi connectivity index (χ1v) is 8.20. The summed E-state index contributed by atoms with van der Waals surface area (Å²) < 4.78 is 10.1. The third-order valence-corrected chi connectivity index (χ3v) is 3.81. The molecule has 0 fully saturated rings. The van der Waals surface area contributed by atoms with Gasteiger partial charge in [0.25, 0.3) is 5.91 Å². The van der Waals surface area contributed by atoms with Crippen molar-refractivity contribution in [2.75, 3.05) is 13.2 Å². The van der Waals surface area contributed by atoms with E-state index in [0.717, 1.165) is 5.56 Å². The van der Waals surface area contributed by atoms with E-state index in [4.69, 9.17) is 26.3 Å². The highest BCUT2D eigenvalue weighted by Gasteiger charge is 2.14. The molecule has 1 N–H and O–H groups in total. The topological polar surface area (TPSA) is 88.4 Å². The van der Waals surface area contributed by atoms with Crippen molar-refractivity contribution in [3.05, 3.63) is 64.7 Å². The molecule has 0 unspecified atom stereocenters. The molecule has 26 heavy (non-hydrogen) atoms. The van der Waals surface area contributed by atoms with Crippen LogP contribution in [0.5, 0.6) is 5.75 Å². The molecule has 0 aliphatic carbocycles. The molecule has 1 atom stereocenters. The van der Waals surface area contributed by atoms with Gasteiger partial charge in [0.05, 0.1) is 11.6 Å². The van der Waals surface area contributed by atoms with Crippen molar-refractivity contribution < 1.29 is 19.1 Å². The van der Waals surface area contributed by atoms with Gasteiger partial charge >= 0.3 is 5.97 Å². The van der Waals surface area contributed by atoms with Gasteiger partial charge in [0.1, 0.15) is 11.8 Å². The highest BCUT2D eigenvalue weighted by atomic mass is 35.5. The number of benzene rings is 2. The molecule has 0 heterocycles. The Morgan fingerprint density at radius 3 is 2.58 bits per heavy atom. The van der Waals surface area contributed by atoms with Gasteiger partial charge in [-0.2, -0.15) is 5.26 Å². The maximum atomic E-state index is 11.9. The van der Waals surface area contributed by atoms with Crippen LogP contribution >= 0.6 is 11.6 Å². The Balaban J connectivity index is 1.77. The summed E-state index contributed by atoms with van der Waals surface area (Å²) in [4.78, 5) is 23.6. The first-order chi connectivity index (χ1) is 12.5. The van der Waals surface area contributed by atoms with Crippen LogP contribution < -0.4 is 10.1 Å². The van der Waals surface area contributed by atoms with Gasteiger partial charge in [0, 0.05) is 5.02 Å². The maximum Gasteiger partial charge on any atom is 0.344 e. The van der Waals surface area contributed by atoms with Crippen LogP contribution in [0.4, 0.5) is 0 Å². The zero-order chi connectivity index (χ0) is 18.9. The molecule has 2 aromatic carbocycles. The number of carbonyl (C=O) groups excluding carboxylic acids is 2. The van der Waals surface area contributed by atoms with Crippen molar-refractivity contribution in [1.29, 1.82) is 5.26 Å². The summed E-state index contributed by atoms with van der Waals surface area (Å²) in [6, 6.07) is 15.3. The normalized spacial score (nSPS) is 11.1. The van der Waals surface area contributed by atoms with Gasteiger partial charge in [-0.3, -0.25) is 4.79 Å². The minimum Gasteiger partial charge on any atom is -0.481 e. The van der Waals surface area contributed by atoms with E-state index in [-0.39, 0.29) is 11.8 Å². The zero-order valence-electron chi connectivity index (χ0n) is 14.1. The quantitative estimate of drug-likeness (QED) is 0.755. The number of amides is 1. The summed E-state index contributed by atoms with van der Waals surface area (Å²) in [5.41, 5.74) is 1.08. The Labute approximate surface area is 156 Å². The van der Waals surface area contributed by atoms with Gasteiger partial charge < -0.3 is 14.8 Å². The Kier molecular flexibility index (Phi) is 7.01. The second kappa shape index (κ2) is 9.44. The van der Waals surface area contributed by atoms with E-state index < -0.39 is 25.1 Å². The standard InChI is InChI=1S/C19H17ClN2O4/c1-13(15-7-3-4-8-16(15)20)22-18(23)11-26-19(24)12-25-17-9-5-2-6-14(17)10-21/h2-9,13H,11-12H2,1H3,(H,22,23)/t13-/m1/s1. The lowest BCUT2D eigenvalue weighted by Gasteiger charge is -2.15. The van der Waals surface area contributed by atoms with Crippen LogP contribution in [0.15, 0.2) is 48.5 Å². The highest BCUT2D eigenvalue weighted by Crippen LogP contribution is 2.22. The molecule has 0 aliphatic rings. The Morgan fingerprint density at radius 1 is 1.15 bits per heavy atom. The predicted octanol–water partition coefficient (Wildman–Crippen LogP) is 3.01. The molecule has 1 amide bonds. The molecular formula is C19H17ClN2O4. The minimum absolute atomic E-state index is 0.281. The van der Waals surface area contributed by atoms with E-state index >= 15 is 0 Å². The third-order valence-electron chi connectivity index (χ3n) is 3.47. The molecule has 0 aliphatic heterocycles.